The van der Waals surface area contributed by atoms with Crippen molar-refractivity contribution >= 4 is 29.9 Å². The van der Waals surface area contributed by atoms with Crippen molar-refractivity contribution in [2.45, 2.75) is 52.4 Å². The number of guanidine groups is 1. The Bertz CT molecular complexity index is 786. The van der Waals surface area contributed by atoms with Gasteiger partial charge in [0.1, 0.15) is 0 Å². The second kappa shape index (κ2) is 10.2. The van der Waals surface area contributed by atoms with Gasteiger partial charge >= 0.3 is 0 Å². The minimum atomic E-state index is 0. The Morgan fingerprint density at radius 3 is 2.57 bits per heavy atom. The predicted molar refractivity (Wildman–Crippen MR) is 126 cm³/mol. The minimum absolute atomic E-state index is 0. The van der Waals surface area contributed by atoms with Crippen LogP contribution in [-0.4, -0.2) is 46.3 Å². The molecule has 1 aliphatic rings. The third kappa shape index (κ3) is 5.47. The molecule has 0 radical (unpaired) electrons. The number of nitrogens with one attached hydrogen (secondary N) is 2. The minimum Gasteiger partial charge on any atom is -0.352 e. The van der Waals surface area contributed by atoms with E-state index in [0.29, 0.717) is 12.1 Å². The van der Waals surface area contributed by atoms with Crippen LogP contribution in [0.1, 0.15) is 35.9 Å². The first-order valence-corrected chi connectivity index (χ1v) is 9.72. The average Bonchev–Trinajstić information content (AvgIpc) is 3.11. The van der Waals surface area contributed by atoms with E-state index in [2.05, 4.69) is 76.7 Å². The smallest absolute Gasteiger partial charge is 0.191 e. The third-order valence-corrected chi connectivity index (χ3v) is 5.59. The van der Waals surface area contributed by atoms with Gasteiger partial charge in [-0.05, 0) is 32.8 Å². The topological polar surface area (TPSA) is 57.5 Å². The van der Waals surface area contributed by atoms with Gasteiger partial charge in [-0.2, -0.15) is 5.10 Å². The van der Waals surface area contributed by atoms with Crippen LogP contribution in [0.3, 0.4) is 0 Å². The summed E-state index contributed by atoms with van der Waals surface area (Å²) in [5.74, 6) is 0.858. The number of halogens is 1. The summed E-state index contributed by atoms with van der Waals surface area (Å²) in [5, 5.41) is 11.5. The molecule has 2 unspecified atom stereocenters. The van der Waals surface area contributed by atoms with Crippen molar-refractivity contribution in [3.63, 3.8) is 0 Å². The van der Waals surface area contributed by atoms with Crippen molar-refractivity contribution in [2.75, 3.05) is 13.6 Å². The first-order valence-electron chi connectivity index (χ1n) is 9.72. The molecular formula is C21H33IN6. The van der Waals surface area contributed by atoms with E-state index in [-0.39, 0.29) is 24.0 Å². The van der Waals surface area contributed by atoms with Crippen LogP contribution in [0.4, 0.5) is 0 Å². The Morgan fingerprint density at radius 2 is 1.96 bits per heavy atom. The van der Waals surface area contributed by atoms with Gasteiger partial charge in [0, 0.05) is 57.1 Å². The molecule has 1 aliphatic heterocycles. The zero-order chi connectivity index (χ0) is 19.4. The normalized spacial score (nSPS) is 20.1. The Balaban J connectivity index is 0.00000280. The van der Waals surface area contributed by atoms with Crippen molar-refractivity contribution < 1.29 is 0 Å². The average molecular weight is 496 g/mol. The Morgan fingerprint density at radius 1 is 1.25 bits per heavy atom. The summed E-state index contributed by atoms with van der Waals surface area (Å²) in [6, 6.07) is 11.7. The van der Waals surface area contributed by atoms with E-state index in [9.17, 15) is 0 Å². The van der Waals surface area contributed by atoms with Crippen LogP contribution in [-0.2, 0) is 20.1 Å². The van der Waals surface area contributed by atoms with E-state index in [0.717, 1.165) is 37.7 Å². The van der Waals surface area contributed by atoms with Gasteiger partial charge < -0.3 is 10.6 Å². The van der Waals surface area contributed by atoms with Gasteiger partial charge in [0.05, 0.1) is 5.69 Å². The summed E-state index contributed by atoms with van der Waals surface area (Å²) in [6.45, 7) is 9.24. The number of likely N-dealkylation sites (tertiary alicyclic amines) is 1. The maximum absolute atomic E-state index is 4.49. The molecule has 1 fully saturated rings. The van der Waals surface area contributed by atoms with Gasteiger partial charge in [0.2, 0.25) is 0 Å². The van der Waals surface area contributed by atoms with Gasteiger partial charge in [-0.25, -0.2) is 0 Å². The quantitative estimate of drug-likeness (QED) is 0.380. The number of hydrogen-bond acceptors (Lipinski definition) is 3. The lowest BCUT2D eigenvalue weighted by Crippen LogP contribution is -2.44. The SMILES string of the molecule is CN=C(NCc1c(C)nn(C)c1C)NC1CC(C)N(Cc2ccccc2)C1.I. The lowest BCUT2D eigenvalue weighted by atomic mass is 10.2. The predicted octanol–water partition coefficient (Wildman–Crippen LogP) is 2.98. The fourth-order valence-electron chi connectivity index (χ4n) is 3.87. The molecule has 154 valence electrons. The highest BCUT2D eigenvalue weighted by molar-refractivity contribution is 14.0. The molecule has 28 heavy (non-hydrogen) atoms. The molecule has 0 saturated carbocycles. The van der Waals surface area contributed by atoms with Gasteiger partial charge in [0.25, 0.3) is 0 Å². The lowest BCUT2D eigenvalue weighted by Gasteiger charge is -2.21. The molecule has 0 amide bonds. The molecular weight excluding hydrogens is 463 g/mol. The van der Waals surface area contributed by atoms with Crippen LogP contribution in [0.15, 0.2) is 35.3 Å². The first kappa shape index (κ1) is 22.7. The molecule has 1 aromatic carbocycles. The van der Waals surface area contributed by atoms with Crippen molar-refractivity contribution in [3.05, 3.63) is 52.8 Å². The molecule has 1 aromatic heterocycles. The molecule has 7 heteroatoms. The monoisotopic (exact) mass is 496 g/mol. The highest BCUT2D eigenvalue weighted by Crippen LogP contribution is 2.20. The second-order valence-electron chi connectivity index (χ2n) is 7.54. The number of benzene rings is 1. The van der Waals surface area contributed by atoms with Gasteiger partial charge in [-0.15, -0.1) is 24.0 Å². The maximum atomic E-state index is 4.49. The third-order valence-electron chi connectivity index (χ3n) is 5.59. The molecule has 0 spiro atoms. The molecule has 2 aromatic rings. The summed E-state index contributed by atoms with van der Waals surface area (Å²) in [7, 11) is 3.82. The molecule has 2 atom stereocenters. The van der Waals surface area contributed by atoms with Crippen LogP contribution in [0.25, 0.3) is 0 Å². The summed E-state index contributed by atoms with van der Waals surface area (Å²) < 4.78 is 1.93. The van der Waals surface area contributed by atoms with Crippen molar-refractivity contribution in [1.29, 1.82) is 0 Å². The van der Waals surface area contributed by atoms with Gasteiger partial charge in [-0.1, -0.05) is 30.3 Å². The van der Waals surface area contributed by atoms with E-state index in [1.807, 2.05) is 18.8 Å². The van der Waals surface area contributed by atoms with Crippen molar-refractivity contribution in [3.8, 4) is 0 Å². The number of aliphatic imine (C=N–C) groups is 1. The van der Waals surface area contributed by atoms with Crippen molar-refractivity contribution in [1.82, 2.24) is 25.3 Å². The molecule has 2 N–H and O–H groups in total. The number of aryl methyl sites for hydroxylation is 2. The summed E-state index contributed by atoms with van der Waals surface area (Å²) in [4.78, 5) is 6.95. The van der Waals surface area contributed by atoms with Gasteiger partial charge in [-0.3, -0.25) is 14.6 Å². The number of nitrogens with zero attached hydrogens (tertiary/aromatic N) is 4. The summed E-state index contributed by atoms with van der Waals surface area (Å²) >= 11 is 0. The van der Waals surface area contributed by atoms with E-state index >= 15 is 0 Å². The van der Waals surface area contributed by atoms with Crippen LogP contribution in [0.2, 0.25) is 0 Å². The standard InChI is InChI=1S/C21H32N6.HI/c1-15-11-19(14-27(15)13-18-9-7-6-8-10-18)24-21(22-4)23-12-20-16(2)25-26(5)17(20)3;/h6-10,15,19H,11-14H2,1-5H3,(H2,22,23,24);1H. The summed E-state index contributed by atoms with van der Waals surface area (Å²) in [5.41, 5.74) is 4.88. The molecule has 0 bridgehead atoms. The highest BCUT2D eigenvalue weighted by Gasteiger charge is 2.29. The van der Waals surface area contributed by atoms with E-state index in [1.54, 1.807) is 0 Å². The number of rotatable bonds is 5. The van der Waals surface area contributed by atoms with Crippen LogP contribution in [0, 0.1) is 13.8 Å². The summed E-state index contributed by atoms with van der Waals surface area (Å²) in [6.07, 6.45) is 1.12. The molecule has 3 rings (SSSR count). The van der Waals surface area contributed by atoms with Crippen LogP contribution >= 0.6 is 24.0 Å². The fourth-order valence-corrected chi connectivity index (χ4v) is 3.87. The largest absolute Gasteiger partial charge is 0.352 e. The zero-order valence-electron chi connectivity index (χ0n) is 17.6. The van der Waals surface area contributed by atoms with Crippen molar-refractivity contribution in [2.24, 2.45) is 12.0 Å². The van der Waals surface area contributed by atoms with Gasteiger partial charge in [0.15, 0.2) is 5.96 Å². The van der Waals surface area contributed by atoms with E-state index in [1.165, 1.54) is 16.8 Å². The molecule has 6 nitrogen and oxygen atoms in total. The lowest BCUT2D eigenvalue weighted by molar-refractivity contribution is 0.258. The van der Waals surface area contributed by atoms with E-state index in [4.69, 9.17) is 0 Å². The van der Waals surface area contributed by atoms with E-state index < -0.39 is 0 Å². The Hall–Kier alpha value is -1.61. The maximum Gasteiger partial charge on any atom is 0.191 e. The second-order valence-corrected chi connectivity index (χ2v) is 7.54. The van der Waals surface area contributed by atoms with Crippen LogP contribution in [0.5, 0.6) is 0 Å². The van der Waals surface area contributed by atoms with Crippen LogP contribution < -0.4 is 10.6 Å². The number of aromatic nitrogens is 2. The molecule has 1 saturated heterocycles. The zero-order valence-corrected chi connectivity index (χ0v) is 19.9. The Labute approximate surface area is 185 Å². The molecule has 0 aliphatic carbocycles. The fraction of sp³-hybridized carbons (Fsp3) is 0.524. The number of hydrogen-bond donors (Lipinski definition) is 2. The Kier molecular flexibility index (Phi) is 8.30. The molecule has 2 heterocycles. The highest BCUT2D eigenvalue weighted by atomic mass is 127. The first-order chi connectivity index (χ1) is 13.0.